The zero-order chi connectivity index (χ0) is 16.9. The maximum absolute atomic E-state index is 12.5. The molecule has 0 aliphatic rings. The number of ketones is 1. The van der Waals surface area contributed by atoms with Gasteiger partial charge in [-0.05, 0) is 18.2 Å². The Kier molecular flexibility index (Phi) is 4.96. The highest BCUT2D eigenvalue weighted by Gasteiger charge is 2.13. The standard InChI is InChI=1S/C18H16N2O3S/c1-22-16-8-7-12(9-17(16)23-2)15(21)11-24-18-14-6-4-3-5-13(14)10-19-20-18/h3-10H,11H2,1-2H3. The quantitative estimate of drug-likeness (QED) is 0.504. The molecule has 1 aromatic heterocycles. The van der Waals surface area contributed by atoms with Gasteiger partial charge in [-0.15, -0.1) is 5.10 Å². The minimum atomic E-state index is -0.00399. The SMILES string of the molecule is COc1ccc(C(=O)CSc2nncc3ccccc23)cc1OC. The highest BCUT2D eigenvalue weighted by molar-refractivity contribution is 8.00. The van der Waals surface area contributed by atoms with E-state index >= 15 is 0 Å². The molecule has 0 radical (unpaired) electrons. The van der Waals surface area contributed by atoms with Gasteiger partial charge in [-0.3, -0.25) is 4.79 Å². The van der Waals surface area contributed by atoms with Crippen LogP contribution in [0.4, 0.5) is 0 Å². The molecule has 0 atom stereocenters. The number of hydrogen-bond acceptors (Lipinski definition) is 6. The summed E-state index contributed by atoms with van der Waals surface area (Å²) < 4.78 is 10.4. The Hall–Kier alpha value is -2.60. The molecule has 0 fully saturated rings. The van der Waals surface area contributed by atoms with Gasteiger partial charge in [0.15, 0.2) is 17.3 Å². The molecule has 0 unspecified atom stereocenters. The fourth-order valence-electron chi connectivity index (χ4n) is 2.34. The Labute approximate surface area is 144 Å². The number of hydrogen-bond donors (Lipinski definition) is 0. The van der Waals surface area contributed by atoms with Crippen molar-refractivity contribution in [2.45, 2.75) is 5.03 Å². The second kappa shape index (κ2) is 7.31. The molecule has 5 nitrogen and oxygen atoms in total. The van der Waals surface area contributed by atoms with Gasteiger partial charge in [0.25, 0.3) is 0 Å². The summed E-state index contributed by atoms with van der Waals surface area (Å²) in [6.45, 7) is 0. The fraction of sp³-hybridized carbons (Fsp3) is 0.167. The number of aromatic nitrogens is 2. The molecule has 3 aromatic rings. The summed E-state index contributed by atoms with van der Waals surface area (Å²) in [5, 5.41) is 10.9. The van der Waals surface area contributed by atoms with E-state index in [1.165, 1.54) is 11.8 Å². The molecular weight excluding hydrogens is 324 g/mol. The number of nitrogens with zero attached hydrogens (tertiary/aromatic N) is 2. The molecule has 2 aromatic carbocycles. The number of benzene rings is 2. The van der Waals surface area contributed by atoms with Gasteiger partial charge in [-0.2, -0.15) is 5.10 Å². The number of carbonyl (C=O) groups excluding carboxylic acids is 1. The van der Waals surface area contributed by atoms with E-state index in [0.29, 0.717) is 17.1 Å². The van der Waals surface area contributed by atoms with Gasteiger partial charge in [0, 0.05) is 16.3 Å². The summed E-state index contributed by atoms with van der Waals surface area (Å²) in [6, 6.07) is 13.0. The number of methoxy groups -OCH3 is 2. The van der Waals surface area contributed by atoms with Crippen LogP contribution in [0.5, 0.6) is 11.5 Å². The van der Waals surface area contributed by atoms with E-state index in [9.17, 15) is 4.79 Å². The van der Waals surface area contributed by atoms with Crippen molar-refractivity contribution in [1.82, 2.24) is 10.2 Å². The normalized spacial score (nSPS) is 10.6. The van der Waals surface area contributed by atoms with Crippen LogP contribution in [0.3, 0.4) is 0 Å². The lowest BCUT2D eigenvalue weighted by Gasteiger charge is -2.09. The molecule has 0 saturated heterocycles. The van der Waals surface area contributed by atoms with Crippen LogP contribution < -0.4 is 9.47 Å². The molecule has 0 N–H and O–H groups in total. The van der Waals surface area contributed by atoms with Crippen molar-refractivity contribution < 1.29 is 14.3 Å². The second-order valence-electron chi connectivity index (χ2n) is 5.02. The maximum Gasteiger partial charge on any atom is 0.173 e. The highest BCUT2D eigenvalue weighted by atomic mass is 32.2. The third kappa shape index (κ3) is 3.33. The van der Waals surface area contributed by atoms with Crippen molar-refractivity contribution in [1.29, 1.82) is 0 Å². The zero-order valence-electron chi connectivity index (χ0n) is 13.4. The molecular formula is C18H16N2O3S. The molecule has 0 spiro atoms. The van der Waals surface area contributed by atoms with E-state index in [1.807, 2.05) is 24.3 Å². The average molecular weight is 340 g/mol. The van der Waals surface area contributed by atoms with E-state index in [2.05, 4.69) is 10.2 Å². The van der Waals surface area contributed by atoms with E-state index in [1.54, 1.807) is 38.6 Å². The Bertz CT molecular complexity index is 878. The third-order valence-electron chi connectivity index (χ3n) is 3.58. The molecule has 6 heteroatoms. The first-order valence-electron chi connectivity index (χ1n) is 7.31. The molecule has 0 aliphatic carbocycles. The van der Waals surface area contributed by atoms with E-state index in [4.69, 9.17) is 9.47 Å². The fourth-order valence-corrected chi connectivity index (χ4v) is 3.22. The molecule has 3 rings (SSSR count). The van der Waals surface area contributed by atoms with Crippen LogP contribution >= 0.6 is 11.8 Å². The topological polar surface area (TPSA) is 61.3 Å². The summed E-state index contributed by atoms with van der Waals surface area (Å²) >= 11 is 1.38. The van der Waals surface area contributed by atoms with Crippen molar-refractivity contribution in [3.63, 3.8) is 0 Å². The van der Waals surface area contributed by atoms with Gasteiger partial charge in [0.05, 0.1) is 26.2 Å². The lowest BCUT2D eigenvalue weighted by atomic mass is 10.1. The first kappa shape index (κ1) is 16.3. The average Bonchev–Trinajstić information content (AvgIpc) is 2.65. The van der Waals surface area contributed by atoms with Crippen molar-refractivity contribution >= 4 is 28.3 Å². The van der Waals surface area contributed by atoms with Crippen molar-refractivity contribution in [2.24, 2.45) is 0 Å². The minimum absolute atomic E-state index is 0.00399. The molecule has 1 heterocycles. The van der Waals surface area contributed by atoms with Crippen molar-refractivity contribution in [3.05, 3.63) is 54.2 Å². The van der Waals surface area contributed by atoms with Crippen molar-refractivity contribution in [3.8, 4) is 11.5 Å². The number of thioether (sulfide) groups is 1. The summed E-state index contributed by atoms with van der Waals surface area (Å²) in [4.78, 5) is 12.5. The lowest BCUT2D eigenvalue weighted by molar-refractivity contribution is 0.102. The third-order valence-corrected chi connectivity index (χ3v) is 4.56. The van der Waals surface area contributed by atoms with Gasteiger partial charge in [-0.1, -0.05) is 36.0 Å². The number of rotatable bonds is 6. The smallest absolute Gasteiger partial charge is 0.173 e. The number of ether oxygens (including phenoxy) is 2. The summed E-state index contributed by atoms with van der Waals surface area (Å²) in [5.74, 6) is 1.41. The Morgan fingerprint density at radius 1 is 1.08 bits per heavy atom. The minimum Gasteiger partial charge on any atom is -0.493 e. The Morgan fingerprint density at radius 2 is 1.88 bits per heavy atom. The Morgan fingerprint density at radius 3 is 2.67 bits per heavy atom. The zero-order valence-corrected chi connectivity index (χ0v) is 14.2. The summed E-state index contributed by atoms with van der Waals surface area (Å²) in [6.07, 6.45) is 1.72. The highest BCUT2D eigenvalue weighted by Crippen LogP contribution is 2.29. The first-order chi connectivity index (χ1) is 11.7. The van der Waals surface area contributed by atoms with Crippen LogP contribution in [-0.4, -0.2) is 36.0 Å². The number of fused-ring (bicyclic) bond motifs is 1. The monoisotopic (exact) mass is 340 g/mol. The lowest BCUT2D eigenvalue weighted by Crippen LogP contribution is -2.04. The Balaban J connectivity index is 1.78. The van der Waals surface area contributed by atoms with E-state index < -0.39 is 0 Å². The van der Waals surface area contributed by atoms with Crippen LogP contribution in [0, 0.1) is 0 Å². The van der Waals surface area contributed by atoms with Crippen LogP contribution in [-0.2, 0) is 0 Å². The van der Waals surface area contributed by atoms with Gasteiger partial charge in [0.1, 0.15) is 5.03 Å². The van der Waals surface area contributed by atoms with Gasteiger partial charge >= 0.3 is 0 Å². The predicted octanol–water partition coefficient (Wildman–Crippen LogP) is 3.62. The summed E-state index contributed by atoms with van der Waals surface area (Å²) in [7, 11) is 3.11. The van der Waals surface area contributed by atoms with Crippen LogP contribution in [0.2, 0.25) is 0 Å². The van der Waals surface area contributed by atoms with Gasteiger partial charge in [0.2, 0.25) is 0 Å². The molecule has 0 aliphatic heterocycles. The maximum atomic E-state index is 12.5. The van der Waals surface area contributed by atoms with E-state index in [0.717, 1.165) is 15.8 Å². The number of Topliss-reactive ketones (excluding diaryl/α,β-unsaturated/α-hetero) is 1. The molecule has 122 valence electrons. The van der Waals surface area contributed by atoms with Crippen molar-refractivity contribution in [2.75, 3.05) is 20.0 Å². The predicted molar refractivity (Wildman–Crippen MR) is 94.1 cm³/mol. The first-order valence-corrected chi connectivity index (χ1v) is 8.30. The summed E-state index contributed by atoms with van der Waals surface area (Å²) in [5.41, 5.74) is 0.577. The van der Waals surface area contributed by atoms with Crippen LogP contribution in [0.1, 0.15) is 10.4 Å². The molecule has 24 heavy (non-hydrogen) atoms. The van der Waals surface area contributed by atoms with E-state index in [-0.39, 0.29) is 11.5 Å². The molecule has 0 amide bonds. The largest absolute Gasteiger partial charge is 0.493 e. The van der Waals surface area contributed by atoms with Crippen LogP contribution in [0.25, 0.3) is 10.8 Å². The molecule has 0 bridgehead atoms. The second-order valence-corrected chi connectivity index (χ2v) is 5.98. The molecule has 0 saturated carbocycles. The van der Waals surface area contributed by atoms with Gasteiger partial charge < -0.3 is 9.47 Å². The van der Waals surface area contributed by atoms with Crippen LogP contribution in [0.15, 0.2) is 53.7 Å². The van der Waals surface area contributed by atoms with Gasteiger partial charge in [-0.25, -0.2) is 0 Å². The number of carbonyl (C=O) groups is 1.